The Morgan fingerprint density at radius 2 is 1.93 bits per heavy atom. The predicted molar refractivity (Wildman–Crippen MR) is 106 cm³/mol. The van der Waals surface area contributed by atoms with Crippen LogP contribution >= 0.6 is 0 Å². The van der Waals surface area contributed by atoms with E-state index in [9.17, 15) is 4.79 Å². The summed E-state index contributed by atoms with van der Waals surface area (Å²) < 4.78 is 8.25. The average Bonchev–Trinajstić information content (AvgIpc) is 3.17. The molecule has 7 heteroatoms. The second kappa shape index (κ2) is 7.76. The van der Waals surface area contributed by atoms with Crippen LogP contribution in [-0.4, -0.2) is 65.5 Å². The summed E-state index contributed by atoms with van der Waals surface area (Å²) in [4.78, 5) is 15.1. The number of aromatic nitrogens is 2. The number of nitrogens with one attached hydrogen (secondary N) is 2. The maximum absolute atomic E-state index is 13.1. The van der Waals surface area contributed by atoms with Gasteiger partial charge in [-0.2, -0.15) is 5.10 Å². The molecule has 0 aromatic carbocycles. The Morgan fingerprint density at radius 3 is 2.68 bits per heavy atom. The predicted octanol–water partition coefficient (Wildman–Crippen LogP) is 1.39. The Hall–Kier alpha value is -1.44. The van der Waals surface area contributed by atoms with Crippen LogP contribution in [0.25, 0.3) is 0 Å². The van der Waals surface area contributed by atoms with Crippen LogP contribution in [0.1, 0.15) is 54.7 Å². The van der Waals surface area contributed by atoms with E-state index in [1.165, 1.54) is 19.4 Å². The van der Waals surface area contributed by atoms with Crippen LogP contribution < -0.4 is 10.6 Å². The third kappa shape index (κ3) is 3.60. The van der Waals surface area contributed by atoms with Gasteiger partial charge in [0.15, 0.2) is 5.69 Å². The van der Waals surface area contributed by atoms with E-state index in [-0.39, 0.29) is 11.5 Å². The highest BCUT2D eigenvalue weighted by molar-refractivity contribution is 5.92. The summed E-state index contributed by atoms with van der Waals surface area (Å²) >= 11 is 0. The number of piperidine rings is 3. The highest BCUT2D eigenvalue weighted by atomic mass is 16.5. The van der Waals surface area contributed by atoms with Gasteiger partial charge in [0.1, 0.15) is 0 Å². The number of amides is 1. The van der Waals surface area contributed by atoms with Crippen molar-refractivity contribution >= 4 is 5.91 Å². The molecule has 3 saturated heterocycles. The van der Waals surface area contributed by atoms with Crippen molar-refractivity contribution in [2.75, 3.05) is 39.3 Å². The Labute approximate surface area is 167 Å². The fourth-order valence-electron chi connectivity index (χ4n) is 5.56. The minimum Gasteiger partial charge on any atom is -0.367 e. The van der Waals surface area contributed by atoms with Crippen LogP contribution in [0.2, 0.25) is 0 Å². The van der Waals surface area contributed by atoms with Crippen LogP contribution in [0, 0.1) is 11.8 Å². The molecule has 1 amide bonds. The largest absolute Gasteiger partial charge is 0.367 e. The van der Waals surface area contributed by atoms with E-state index < -0.39 is 0 Å². The van der Waals surface area contributed by atoms with Gasteiger partial charge in [-0.15, -0.1) is 0 Å². The van der Waals surface area contributed by atoms with Gasteiger partial charge in [0.2, 0.25) is 0 Å². The zero-order valence-electron chi connectivity index (χ0n) is 16.8. The van der Waals surface area contributed by atoms with Gasteiger partial charge >= 0.3 is 0 Å². The van der Waals surface area contributed by atoms with Crippen molar-refractivity contribution in [3.63, 3.8) is 0 Å². The number of ether oxygens (including phenoxy) is 1. The summed E-state index contributed by atoms with van der Waals surface area (Å²) in [6.07, 6.45) is 6.92. The lowest BCUT2D eigenvalue weighted by molar-refractivity contribution is -0.109. The molecule has 0 radical (unpaired) electrons. The van der Waals surface area contributed by atoms with Crippen molar-refractivity contribution in [3.05, 3.63) is 17.5 Å². The van der Waals surface area contributed by atoms with Crippen LogP contribution in [0.15, 0.2) is 6.07 Å². The van der Waals surface area contributed by atoms with Crippen molar-refractivity contribution in [2.24, 2.45) is 11.8 Å². The van der Waals surface area contributed by atoms with Crippen LogP contribution in [-0.2, 0) is 17.9 Å². The third-order valence-electron chi connectivity index (χ3n) is 7.39. The van der Waals surface area contributed by atoms with E-state index in [0.717, 1.165) is 82.5 Å². The maximum atomic E-state index is 13.1. The van der Waals surface area contributed by atoms with Crippen molar-refractivity contribution in [3.8, 4) is 0 Å². The third-order valence-corrected chi connectivity index (χ3v) is 7.39. The van der Waals surface area contributed by atoms with Crippen molar-refractivity contribution in [1.82, 2.24) is 25.3 Å². The van der Waals surface area contributed by atoms with E-state index in [1.807, 2.05) is 15.6 Å². The number of carbonyl (C=O) groups excluding carboxylic acids is 1. The minimum atomic E-state index is -0.100. The zero-order chi connectivity index (χ0) is 19.0. The van der Waals surface area contributed by atoms with Gasteiger partial charge < -0.3 is 20.3 Å². The fourth-order valence-corrected chi connectivity index (χ4v) is 5.56. The van der Waals surface area contributed by atoms with Gasteiger partial charge in [-0.3, -0.25) is 9.48 Å². The molecule has 28 heavy (non-hydrogen) atoms. The van der Waals surface area contributed by atoms with E-state index in [4.69, 9.17) is 9.84 Å². The number of hydrogen-bond acceptors (Lipinski definition) is 5. The van der Waals surface area contributed by atoms with Crippen LogP contribution in [0.5, 0.6) is 0 Å². The van der Waals surface area contributed by atoms with Crippen molar-refractivity contribution in [1.29, 1.82) is 0 Å². The zero-order valence-corrected chi connectivity index (χ0v) is 16.8. The number of nitrogens with zero attached hydrogens (tertiary/aromatic N) is 3. The number of hydrogen-bond donors (Lipinski definition) is 2. The molecule has 0 unspecified atom stereocenters. The highest BCUT2D eigenvalue weighted by Crippen LogP contribution is 2.32. The van der Waals surface area contributed by atoms with Crippen LogP contribution in [0.3, 0.4) is 0 Å². The monoisotopic (exact) mass is 387 g/mol. The van der Waals surface area contributed by atoms with Crippen LogP contribution in [0.4, 0.5) is 0 Å². The van der Waals surface area contributed by atoms with Crippen molar-refractivity contribution in [2.45, 2.75) is 57.3 Å². The summed E-state index contributed by atoms with van der Waals surface area (Å²) in [7, 11) is 0. The molecule has 0 bridgehead atoms. The summed E-state index contributed by atoms with van der Waals surface area (Å²) in [5.74, 6) is 1.66. The molecule has 5 heterocycles. The summed E-state index contributed by atoms with van der Waals surface area (Å²) in [6.45, 7) is 7.39. The van der Waals surface area contributed by atoms with E-state index in [0.29, 0.717) is 12.3 Å². The Kier molecular flexibility index (Phi) is 5.15. The maximum Gasteiger partial charge on any atom is 0.274 e. The van der Waals surface area contributed by atoms with Gasteiger partial charge in [0.25, 0.3) is 5.91 Å². The quantitative estimate of drug-likeness (QED) is 0.802. The smallest absolute Gasteiger partial charge is 0.274 e. The minimum absolute atomic E-state index is 0.0986. The Bertz CT molecular complexity index is 698. The van der Waals surface area contributed by atoms with Gasteiger partial charge in [0, 0.05) is 13.1 Å². The fraction of sp³-hybridized carbons (Fsp3) is 0.810. The van der Waals surface area contributed by atoms with Gasteiger partial charge in [-0.1, -0.05) is 0 Å². The average molecular weight is 388 g/mol. The second-order valence-corrected chi connectivity index (χ2v) is 9.14. The summed E-state index contributed by atoms with van der Waals surface area (Å²) in [5, 5.41) is 11.6. The highest BCUT2D eigenvalue weighted by Gasteiger charge is 2.38. The van der Waals surface area contributed by atoms with E-state index in [2.05, 4.69) is 10.6 Å². The molecule has 154 valence electrons. The SMILES string of the molecule is O=C(c1cc2n(n1)CC1(CCNCC1)OC2)N1CCC([C@H]2CCCNC2)CC1. The number of rotatable bonds is 2. The lowest BCUT2D eigenvalue weighted by atomic mass is 9.80. The molecule has 2 N–H and O–H groups in total. The number of carbonyl (C=O) groups is 1. The number of fused-ring (bicyclic) bond motifs is 1. The normalized spacial score (nSPS) is 28.3. The molecule has 1 aromatic heterocycles. The van der Waals surface area contributed by atoms with Gasteiger partial charge in [-0.25, -0.2) is 0 Å². The summed E-state index contributed by atoms with van der Waals surface area (Å²) in [5.41, 5.74) is 1.54. The molecule has 1 spiro atoms. The molecule has 4 aliphatic heterocycles. The molecular weight excluding hydrogens is 354 g/mol. The molecule has 3 fully saturated rings. The first-order valence-electron chi connectivity index (χ1n) is 11.1. The van der Waals surface area contributed by atoms with E-state index in [1.54, 1.807) is 0 Å². The molecule has 1 aromatic rings. The first-order chi connectivity index (χ1) is 13.7. The molecule has 0 saturated carbocycles. The van der Waals surface area contributed by atoms with Gasteiger partial charge in [0.05, 0.1) is 24.4 Å². The molecular formula is C21H33N5O2. The number of likely N-dealkylation sites (tertiary alicyclic amines) is 1. The lowest BCUT2D eigenvalue weighted by Crippen LogP contribution is -2.49. The molecule has 5 rings (SSSR count). The topological polar surface area (TPSA) is 71.4 Å². The van der Waals surface area contributed by atoms with E-state index >= 15 is 0 Å². The first kappa shape index (κ1) is 18.6. The standard InChI is InChI=1S/C21H33N5O2/c27-20(25-10-3-16(4-11-25)17-2-1-7-23-13-17)19-12-18-14-28-21(15-26(18)24-19)5-8-22-9-6-21/h12,16-17,22-23H,1-11,13-15H2/t17-/m0/s1. The Balaban J connectivity index is 1.21. The molecule has 0 aliphatic carbocycles. The first-order valence-corrected chi connectivity index (χ1v) is 11.1. The molecule has 1 atom stereocenters. The van der Waals surface area contributed by atoms with Crippen molar-refractivity contribution < 1.29 is 9.53 Å². The second-order valence-electron chi connectivity index (χ2n) is 9.14. The lowest BCUT2D eigenvalue weighted by Gasteiger charge is -2.40. The molecule has 4 aliphatic rings. The Morgan fingerprint density at radius 1 is 1.11 bits per heavy atom. The van der Waals surface area contributed by atoms with Gasteiger partial charge in [-0.05, 0) is 82.6 Å². The molecule has 7 nitrogen and oxygen atoms in total. The summed E-state index contributed by atoms with van der Waals surface area (Å²) in [6, 6.07) is 1.95.